The van der Waals surface area contributed by atoms with Crippen molar-refractivity contribution in [3.63, 3.8) is 0 Å². The number of para-hydroxylation sites is 2. The third-order valence-electron chi connectivity index (χ3n) is 2.45. The van der Waals surface area contributed by atoms with Gasteiger partial charge in [0.2, 0.25) is 0 Å². The minimum Gasteiger partial charge on any atom is -0.480 e. The molecular formula is C14H11NO6. The van der Waals surface area contributed by atoms with Crippen LogP contribution in [-0.2, 0) is 4.79 Å². The Balaban J connectivity index is 2.15. The lowest BCUT2D eigenvalue weighted by Crippen LogP contribution is -2.15. The maximum absolute atomic E-state index is 12.0. The second kappa shape index (κ2) is 6.38. The number of hydrogen-bond donors (Lipinski definition) is 2. The number of carboxylic acids is 1. The minimum absolute atomic E-state index is 0.155. The van der Waals surface area contributed by atoms with E-state index in [-0.39, 0.29) is 11.3 Å². The van der Waals surface area contributed by atoms with E-state index in [2.05, 4.69) is 9.73 Å². The SMILES string of the molecule is O=C(O)COc1ccccc1NC(=O)c1ccc(=O)oc1. The summed E-state index contributed by atoms with van der Waals surface area (Å²) in [5.74, 6) is -1.41. The van der Waals surface area contributed by atoms with E-state index in [1.54, 1.807) is 18.2 Å². The highest BCUT2D eigenvalue weighted by Crippen LogP contribution is 2.24. The number of nitrogens with one attached hydrogen (secondary N) is 1. The Morgan fingerprint density at radius 1 is 1.19 bits per heavy atom. The Hall–Kier alpha value is -3.09. The van der Waals surface area contributed by atoms with Gasteiger partial charge >= 0.3 is 11.6 Å². The molecule has 1 aromatic heterocycles. The molecule has 0 saturated heterocycles. The quantitative estimate of drug-likeness (QED) is 0.860. The molecule has 7 nitrogen and oxygen atoms in total. The summed E-state index contributed by atoms with van der Waals surface area (Å²) in [6.07, 6.45) is 1.04. The van der Waals surface area contributed by atoms with E-state index in [0.717, 1.165) is 12.3 Å². The van der Waals surface area contributed by atoms with Crippen LogP contribution in [0.1, 0.15) is 10.4 Å². The third-order valence-corrected chi connectivity index (χ3v) is 2.45. The van der Waals surface area contributed by atoms with Gasteiger partial charge in [0.05, 0.1) is 11.3 Å². The van der Waals surface area contributed by atoms with E-state index in [1.807, 2.05) is 0 Å². The van der Waals surface area contributed by atoms with Crippen molar-refractivity contribution in [3.8, 4) is 5.75 Å². The Morgan fingerprint density at radius 2 is 1.95 bits per heavy atom. The third kappa shape index (κ3) is 3.93. The number of rotatable bonds is 5. The number of ether oxygens (including phenoxy) is 1. The van der Waals surface area contributed by atoms with Gasteiger partial charge in [-0.2, -0.15) is 0 Å². The molecule has 108 valence electrons. The van der Waals surface area contributed by atoms with E-state index in [4.69, 9.17) is 9.84 Å². The fraction of sp³-hybridized carbons (Fsp3) is 0.0714. The molecule has 7 heteroatoms. The number of carbonyl (C=O) groups is 2. The Bertz CT molecular complexity index is 701. The predicted molar refractivity (Wildman–Crippen MR) is 72.5 cm³/mol. The lowest BCUT2D eigenvalue weighted by molar-refractivity contribution is -0.139. The molecule has 2 aromatic rings. The molecule has 0 unspecified atom stereocenters. The van der Waals surface area contributed by atoms with E-state index in [0.29, 0.717) is 5.69 Å². The molecule has 1 aromatic carbocycles. The summed E-state index contributed by atoms with van der Waals surface area (Å²) in [4.78, 5) is 33.3. The number of anilines is 1. The number of benzene rings is 1. The summed E-state index contributed by atoms with van der Waals surface area (Å²) < 4.78 is 9.67. The molecule has 0 bridgehead atoms. The monoisotopic (exact) mass is 289 g/mol. The van der Waals surface area contributed by atoms with Crippen LogP contribution < -0.4 is 15.7 Å². The van der Waals surface area contributed by atoms with Crippen LogP contribution in [0.3, 0.4) is 0 Å². The highest BCUT2D eigenvalue weighted by molar-refractivity contribution is 6.04. The van der Waals surface area contributed by atoms with Crippen molar-refractivity contribution in [2.75, 3.05) is 11.9 Å². The van der Waals surface area contributed by atoms with E-state index >= 15 is 0 Å². The van der Waals surface area contributed by atoms with Gasteiger partial charge in [0.1, 0.15) is 12.0 Å². The number of carbonyl (C=O) groups excluding carboxylic acids is 1. The van der Waals surface area contributed by atoms with Crippen molar-refractivity contribution in [1.82, 2.24) is 0 Å². The zero-order valence-electron chi connectivity index (χ0n) is 10.7. The highest BCUT2D eigenvalue weighted by atomic mass is 16.5. The van der Waals surface area contributed by atoms with Crippen molar-refractivity contribution < 1.29 is 23.8 Å². The van der Waals surface area contributed by atoms with E-state index in [1.165, 1.54) is 12.1 Å². The average Bonchev–Trinajstić information content (AvgIpc) is 2.47. The van der Waals surface area contributed by atoms with E-state index in [9.17, 15) is 14.4 Å². The first-order valence-electron chi connectivity index (χ1n) is 5.90. The largest absolute Gasteiger partial charge is 0.480 e. The molecule has 0 atom stereocenters. The van der Waals surface area contributed by atoms with Gasteiger partial charge in [-0.05, 0) is 18.2 Å². The molecule has 0 fully saturated rings. The molecule has 1 heterocycles. The topological polar surface area (TPSA) is 106 Å². The van der Waals surface area contributed by atoms with Gasteiger partial charge in [-0.1, -0.05) is 12.1 Å². The summed E-state index contributed by atoms with van der Waals surface area (Å²) in [6.45, 7) is -0.521. The van der Waals surface area contributed by atoms with Crippen LogP contribution in [0.5, 0.6) is 5.75 Å². The molecule has 21 heavy (non-hydrogen) atoms. The second-order valence-electron chi connectivity index (χ2n) is 3.98. The molecule has 0 spiro atoms. The fourth-order valence-electron chi connectivity index (χ4n) is 1.52. The number of aliphatic carboxylic acids is 1. The van der Waals surface area contributed by atoms with Gasteiger partial charge < -0.3 is 19.6 Å². The number of carboxylic acid groups (broad SMARTS) is 1. The van der Waals surface area contributed by atoms with Gasteiger partial charge in [0.15, 0.2) is 6.61 Å². The van der Waals surface area contributed by atoms with Gasteiger partial charge in [0.25, 0.3) is 5.91 Å². The van der Waals surface area contributed by atoms with Crippen LogP contribution in [0.4, 0.5) is 5.69 Å². The highest BCUT2D eigenvalue weighted by Gasteiger charge is 2.11. The van der Waals surface area contributed by atoms with Crippen molar-refractivity contribution >= 4 is 17.6 Å². The molecule has 2 rings (SSSR count). The van der Waals surface area contributed by atoms with Gasteiger partial charge in [-0.25, -0.2) is 9.59 Å². The maximum atomic E-state index is 12.0. The fourth-order valence-corrected chi connectivity index (χ4v) is 1.52. The molecule has 0 saturated carbocycles. The summed E-state index contributed by atoms with van der Waals surface area (Å²) in [5.41, 5.74) is -0.0886. The molecule has 0 aliphatic heterocycles. The van der Waals surface area contributed by atoms with E-state index < -0.39 is 24.1 Å². The molecule has 2 N–H and O–H groups in total. The zero-order chi connectivity index (χ0) is 15.2. The first-order chi connectivity index (χ1) is 10.1. The first kappa shape index (κ1) is 14.3. The predicted octanol–water partition coefficient (Wildman–Crippen LogP) is 1.36. The van der Waals surface area contributed by atoms with Crippen LogP contribution >= 0.6 is 0 Å². The lowest BCUT2D eigenvalue weighted by atomic mass is 10.2. The number of amides is 1. The number of hydrogen-bond acceptors (Lipinski definition) is 5. The minimum atomic E-state index is -1.12. The smallest absolute Gasteiger partial charge is 0.341 e. The zero-order valence-corrected chi connectivity index (χ0v) is 10.7. The summed E-state index contributed by atoms with van der Waals surface area (Å²) in [6, 6.07) is 8.85. The molecular weight excluding hydrogens is 278 g/mol. The summed E-state index contributed by atoms with van der Waals surface area (Å²) in [7, 11) is 0. The van der Waals surface area contributed by atoms with Crippen LogP contribution in [-0.4, -0.2) is 23.6 Å². The Kier molecular flexibility index (Phi) is 4.35. The van der Waals surface area contributed by atoms with Crippen LogP contribution in [0.2, 0.25) is 0 Å². The van der Waals surface area contributed by atoms with Crippen molar-refractivity contribution in [2.45, 2.75) is 0 Å². The Labute approximate surface area is 118 Å². The molecule has 0 aliphatic carbocycles. The molecule has 1 amide bonds. The van der Waals surface area contributed by atoms with Gasteiger partial charge in [0, 0.05) is 6.07 Å². The van der Waals surface area contributed by atoms with Crippen LogP contribution in [0.25, 0.3) is 0 Å². The first-order valence-corrected chi connectivity index (χ1v) is 5.90. The van der Waals surface area contributed by atoms with Gasteiger partial charge in [-0.3, -0.25) is 4.79 Å². The Morgan fingerprint density at radius 3 is 2.62 bits per heavy atom. The summed E-state index contributed by atoms with van der Waals surface area (Å²) in [5, 5.41) is 11.1. The normalized spacial score (nSPS) is 9.90. The maximum Gasteiger partial charge on any atom is 0.341 e. The molecule has 0 radical (unpaired) electrons. The standard InChI is InChI=1S/C14H11NO6/c16-12(17)8-20-11-4-2-1-3-10(11)15-14(19)9-5-6-13(18)21-7-9/h1-7H,8H2,(H,15,19)(H,16,17). The molecule has 0 aliphatic rings. The summed E-state index contributed by atoms with van der Waals surface area (Å²) >= 11 is 0. The van der Waals surface area contributed by atoms with Crippen molar-refractivity contribution in [1.29, 1.82) is 0 Å². The second-order valence-corrected chi connectivity index (χ2v) is 3.98. The van der Waals surface area contributed by atoms with Crippen molar-refractivity contribution in [3.05, 3.63) is 58.6 Å². The lowest BCUT2D eigenvalue weighted by Gasteiger charge is -2.10. The van der Waals surface area contributed by atoms with Gasteiger partial charge in [-0.15, -0.1) is 0 Å². The van der Waals surface area contributed by atoms with Crippen LogP contribution in [0, 0.1) is 0 Å². The average molecular weight is 289 g/mol. The van der Waals surface area contributed by atoms with Crippen molar-refractivity contribution in [2.24, 2.45) is 0 Å². The van der Waals surface area contributed by atoms with Crippen LogP contribution in [0.15, 0.2) is 51.9 Å².